The van der Waals surface area contributed by atoms with Gasteiger partial charge in [-0.25, -0.2) is 28.6 Å². The van der Waals surface area contributed by atoms with Crippen LogP contribution in [-0.4, -0.2) is 123 Å². The van der Waals surface area contributed by atoms with Gasteiger partial charge in [0.2, 0.25) is 11.8 Å². The number of carbonyl (C=O) groups excluding carboxylic acids is 3. The standard InChI is InChI=1S/C38H68N7O17P3S/c1-5-6-7-8-9-10-11-12-15-26(2)16-13-14-17-29(47)66-21-20-40-28(46)18-19-41-36(50)33(49)38(3,4)23-59-65(56,57)62-64(54,55)58-22-27-32(61-63(51,52)53)31(48)37(60-27)45-25-44-30-34(39)42-24-43-35(30)45/h24-27,31-33,37,48-49H,5-23H2,1-4H3,(H,40,46)(H,41,50)(H,54,55)(H,56,57)(H2,39,42,43)(H2,51,52,53). The first-order valence-electron chi connectivity index (χ1n) is 22.0. The third-order valence-electron chi connectivity index (χ3n) is 10.6. The van der Waals surface area contributed by atoms with E-state index in [0.717, 1.165) is 48.2 Å². The van der Waals surface area contributed by atoms with Crippen LogP contribution < -0.4 is 16.4 Å². The van der Waals surface area contributed by atoms with E-state index in [1.165, 1.54) is 71.6 Å². The molecular formula is C38H68N7O17P3S. The average molecular weight is 1020 g/mol. The largest absolute Gasteiger partial charge is 0.481 e. The summed E-state index contributed by atoms with van der Waals surface area (Å²) in [6.45, 7) is 5.08. The van der Waals surface area contributed by atoms with E-state index in [0.29, 0.717) is 18.1 Å². The number of nitrogens with one attached hydrogen (secondary N) is 2. The Labute approximate surface area is 388 Å². The molecule has 378 valence electrons. The van der Waals surface area contributed by atoms with E-state index >= 15 is 0 Å². The monoisotopic (exact) mass is 1020 g/mol. The number of anilines is 1. The maximum atomic E-state index is 12.7. The highest BCUT2D eigenvalue weighted by molar-refractivity contribution is 8.13. The summed E-state index contributed by atoms with van der Waals surface area (Å²) in [5, 5.41) is 26.7. The molecule has 0 aliphatic carbocycles. The van der Waals surface area contributed by atoms with Crippen LogP contribution in [0.4, 0.5) is 5.82 Å². The van der Waals surface area contributed by atoms with Gasteiger partial charge in [-0.15, -0.1) is 0 Å². The molecule has 66 heavy (non-hydrogen) atoms. The normalized spacial score (nSPS) is 20.7. The van der Waals surface area contributed by atoms with Crippen molar-refractivity contribution >= 4 is 69.1 Å². The minimum atomic E-state index is -5.57. The minimum Gasteiger partial charge on any atom is -0.386 e. The van der Waals surface area contributed by atoms with Crippen molar-refractivity contribution in [2.45, 2.75) is 148 Å². The van der Waals surface area contributed by atoms with Gasteiger partial charge in [0.1, 0.15) is 36.3 Å². The lowest BCUT2D eigenvalue weighted by molar-refractivity contribution is -0.137. The number of phosphoric acid groups is 3. The number of phosphoric ester groups is 3. The fourth-order valence-electron chi connectivity index (χ4n) is 6.90. The predicted octanol–water partition coefficient (Wildman–Crippen LogP) is 4.39. The first-order chi connectivity index (χ1) is 30.9. The molecule has 0 aromatic carbocycles. The molecule has 1 aliphatic rings. The second kappa shape index (κ2) is 27.7. The van der Waals surface area contributed by atoms with Gasteiger partial charge in [-0.05, 0) is 12.3 Å². The quantitative estimate of drug-likeness (QED) is 0.0353. The van der Waals surface area contributed by atoms with E-state index in [1.54, 1.807) is 0 Å². The molecule has 8 unspecified atom stereocenters. The van der Waals surface area contributed by atoms with Crippen LogP contribution in [0.5, 0.6) is 0 Å². The molecule has 0 radical (unpaired) electrons. The summed E-state index contributed by atoms with van der Waals surface area (Å²) >= 11 is 1.16. The molecule has 24 nitrogen and oxygen atoms in total. The Morgan fingerprint density at radius 1 is 0.909 bits per heavy atom. The third-order valence-corrected chi connectivity index (χ3v) is 14.7. The summed E-state index contributed by atoms with van der Waals surface area (Å²) in [5.41, 5.74) is 4.29. The topological polar surface area (TPSA) is 364 Å². The van der Waals surface area contributed by atoms with Crippen molar-refractivity contribution in [3.05, 3.63) is 12.7 Å². The van der Waals surface area contributed by atoms with Crippen molar-refractivity contribution in [1.29, 1.82) is 0 Å². The molecule has 2 aromatic heterocycles. The molecule has 0 saturated carbocycles. The highest BCUT2D eigenvalue weighted by Crippen LogP contribution is 2.61. The van der Waals surface area contributed by atoms with Crippen molar-refractivity contribution in [3.8, 4) is 0 Å². The molecule has 28 heteroatoms. The molecule has 2 aromatic rings. The van der Waals surface area contributed by atoms with E-state index < -0.39 is 84.6 Å². The van der Waals surface area contributed by atoms with Crippen LogP contribution in [-0.2, 0) is 50.7 Å². The van der Waals surface area contributed by atoms with Gasteiger partial charge in [-0.2, -0.15) is 4.31 Å². The summed E-state index contributed by atoms with van der Waals surface area (Å²) in [6, 6.07) is 0. The number of nitrogens with two attached hydrogens (primary N) is 1. The van der Waals surface area contributed by atoms with E-state index in [4.69, 9.17) is 19.5 Å². The van der Waals surface area contributed by atoms with Gasteiger partial charge in [0, 0.05) is 37.1 Å². The Morgan fingerprint density at radius 3 is 2.21 bits per heavy atom. The minimum absolute atomic E-state index is 0.0336. The van der Waals surface area contributed by atoms with Crippen LogP contribution in [0.2, 0.25) is 0 Å². The number of ether oxygens (including phenoxy) is 1. The van der Waals surface area contributed by atoms with Gasteiger partial charge in [0.25, 0.3) is 0 Å². The summed E-state index contributed by atoms with van der Waals surface area (Å²) in [6.07, 6.45) is 8.23. The Bertz CT molecular complexity index is 2000. The van der Waals surface area contributed by atoms with Crippen molar-refractivity contribution < 1.29 is 80.5 Å². The first kappa shape index (κ1) is 57.9. The lowest BCUT2D eigenvalue weighted by atomic mass is 9.87. The van der Waals surface area contributed by atoms with Crippen molar-refractivity contribution in [2.75, 3.05) is 37.8 Å². The number of rotatable bonds is 33. The third kappa shape index (κ3) is 20.7. The van der Waals surface area contributed by atoms with Gasteiger partial charge in [0.05, 0.1) is 19.5 Å². The van der Waals surface area contributed by atoms with Crippen LogP contribution in [0.3, 0.4) is 0 Å². The van der Waals surface area contributed by atoms with E-state index in [1.807, 2.05) is 0 Å². The lowest BCUT2D eigenvalue weighted by Crippen LogP contribution is -2.46. The van der Waals surface area contributed by atoms with Gasteiger partial charge >= 0.3 is 23.5 Å². The van der Waals surface area contributed by atoms with Crippen molar-refractivity contribution in [1.82, 2.24) is 30.2 Å². The average Bonchev–Trinajstić information content (AvgIpc) is 3.80. The second-order valence-corrected chi connectivity index (χ2v) is 22.3. The van der Waals surface area contributed by atoms with Crippen LogP contribution in [0, 0.1) is 11.3 Å². The number of aliphatic hydroxyl groups excluding tert-OH is 2. The lowest BCUT2D eigenvalue weighted by Gasteiger charge is -2.30. The maximum Gasteiger partial charge on any atom is 0.481 e. The number of imidazole rings is 1. The number of unbranched alkanes of at least 4 members (excludes halogenated alkanes) is 8. The maximum absolute atomic E-state index is 12.7. The number of amides is 2. The smallest absolute Gasteiger partial charge is 0.386 e. The number of aromatic nitrogens is 4. The SMILES string of the molecule is CCCCCCCCCCC(C)CCCCC(=O)SCCNC(=O)CCNC(=O)C(O)C(C)(C)COP(=O)(O)OP(=O)(O)OCC1OC(n2cnc3c(N)ncnc32)C(O)C1OP(=O)(O)O. The van der Waals surface area contributed by atoms with Crippen LogP contribution in [0.15, 0.2) is 12.7 Å². The Morgan fingerprint density at radius 2 is 1.55 bits per heavy atom. The second-order valence-electron chi connectivity index (χ2n) is 16.9. The van der Waals surface area contributed by atoms with E-state index in [2.05, 4.69) is 48.3 Å². The number of hydrogen-bond acceptors (Lipinski definition) is 18. The van der Waals surface area contributed by atoms with Gasteiger partial charge in [0.15, 0.2) is 22.8 Å². The molecule has 3 rings (SSSR count). The van der Waals surface area contributed by atoms with Gasteiger partial charge in [-0.1, -0.05) is 110 Å². The number of nitrogen functional groups attached to an aromatic ring is 1. The van der Waals surface area contributed by atoms with E-state index in [-0.39, 0.29) is 41.6 Å². The highest BCUT2D eigenvalue weighted by Gasteiger charge is 2.50. The van der Waals surface area contributed by atoms with Gasteiger partial charge in [-0.3, -0.25) is 32.5 Å². The number of fused-ring (bicyclic) bond motifs is 1. The molecule has 0 bridgehead atoms. The number of nitrogens with zero attached hydrogens (tertiary/aromatic N) is 4. The molecule has 0 spiro atoms. The Kier molecular flexibility index (Phi) is 24.3. The molecule has 1 saturated heterocycles. The van der Waals surface area contributed by atoms with Crippen molar-refractivity contribution in [3.63, 3.8) is 0 Å². The van der Waals surface area contributed by atoms with Crippen LogP contribution in [0.25, 0.3) is 11.2 Å². The fraction of sp³-hybridized carbons (Fsp3) is 0.789. The van der Waals surface area contributed by atoms with Crippen molar-refractivity contribution in [2.24, 2.45) is 11.3 Å². The molecule has 3 heterocycles. The molecule has 1 fully saturated rings. The zero-order valence-corrected chi connectivity index (χ0v) is 41.3. The summed E-state index contributed by atoms with van der Waals surface area (Å²) in [5.74, 6) is -0.373. The zero-order chi connectivity index (χ0) is 49.1. The number of thioether (sulfide) groups is 1. The molecule has 8 atom stereocenters. The Hall–Kier alpha value is -2.44. The van der Waals surface area contributed by atoms with Crippen LogP contribution >= 0.6 is 35.2 Å². The fourth-order valence-corrected chi connectivity index (χ4v) is 10.4. The molecule has 10 N–H and O–H groups in total. The number of carbonyl (C=O) groups is 3. The van der Waals surface area contributed by atoms with Crippen LogP contribution in [0.1, 0.15) is 124 Å². The van der Waals surface area contributed by atoms with E-state index in [9.17, 15) is 57.9 Å². The van der Waals surface area contributed by atoms with Gasteiger partial charge < -0.3 is 50.9 Å². The summed E-state index contributed by atoms with van der Waals surface area (Å²) in [4.78, 5) is 88.4. The zero-order valence-electron chi connectivity index (χ0n) is 37.8. The summed E-state index contributed by atoms with van der Waals surface area (Å²) < 4.78 is 62.4. The highest BCUT2D eigenvalue weighted by atomic mass is 32.2. The molecule has 1 aliphatic heterocycles. The number of hydrogen-bond donors (Lipinski definition) is 9. The number of aliphatic hydroxyl groups is 2. The predicted molar refractivity (Wildman–Crippen MR) is 242 cm³/mol. The molecule has 2 amide bonds. The molecular weight excluding hydrogens is 951 g/mol. The first-order valence-corrected chi connectivity index (χ1v) is 27.5. The Balaban J connectivity index is 1.33. The summed E-state index contributed by atoms with van der Waals surface area (Å²) in [7, 11) is -16.4.